The second kappa shape index (κ2) is 5.89. The fraction of sp³-hybridized carbons (Fsp3) is 0.333. The number of nitrogens with zero attached hydrogens (tertiary/aromatic N) is 1. The third-order valence-electron chi connectivity index (χ3n) is 1.90. The highest BCUT2D eigenvalue weighted by atomic mass is 16.6. The molecule has 18 heavy (non-hydrogen) atoms. The summed E-state index contributed by atoms with van der Waals surface area (Å²) >= 11 is 0. The lowest BCUT2D eigenvalue weighted by Crippen LogP contribution is -2.23. The van der Waals surface area contributed by atoms with Gasteiger partial charge in [0.15, 0.2) is 0 Å². The molecule has 1 aromatic rings. The highest BCUT2D eigenvalue weighted by molar-refractivity contribution is 5.90. The van der Waals surface area contributed by atoms with Crippen molar-refractivity contribution >= 4 is 5.97 Å². The van der Waals surface area contributed by atoms with Crippen molar-refractivity contribution in [1.29, 1.82) is 5.26 Å². The third-order valence-corrected chi connectivity index (χ3v) is 1.90. The van der Waals surface area contributed by atoms with Gasteiger partial charge in [0.2, 0.25) is 0 Å². The fourth-order valence-corrected chi connectivity index (χ4v) is 1.25. The lowest BCUT2D eigenvalue weighted by Gasteiger charge is -2.19. The van der Waals surface area contributed by atoms with Gasteiger partial charge in [0.1, 0.15) is 5.60 Å². The SMILES string of the molecule is CC(C)(C)OC(=O)c1cccc(C#CCC#N)c1. The van der Waals surface area contributed by atoms with Crippen LogP contribution in [0, 0.1) is 23.2 Å². The molecule has 0 bridgehead atoms. The zero-order valence-corrected chi connectivity index (χ0v) is 10.8. The number of benzene rings is 1. The summed E-state index contributed by atoms with van der Waals surface area (Å²) in [5.74, 6) is 5.16. The zero-order valence-electron chi connectivity index (χ0n) is 10.8. The third kappa shape index (κ3) is 4.72. The Bertz CT molecular complexity index is 536. The van der Waals surface area contributed by atoms with Crippen molar-refractivity contribution in [2.45, 2.75) is 32.8 Å². The topological polar surface area (TPSA) is 50.1 Å². The van der Waals surface area contributed by atoms with Crippen molar-refractivity contribution in [2.75, 3.05) is 0 Å². The van der Waals surface area contributed by atoms with Crippen LogP contribution in [0.1, 0.15) is 43.1 Å². The average molecular weight is 241 g/mol. The van der Waals surface area contributed by atoms with Gasteiger partial charge in [-0.2, -0.15) is 5.26 Å². The van der Waals surface area contributed by atoms with Crippen LogP contribution in [0.2, 0.25) is 0 Å². The van der Waals surface area contributed by atoms with Gasteiger partial charge in [-0.1, -0.05) is 17.9 Å². The quantitative estimate of drug-likeness (QED) is 0.561. The number of hydrogen-bond donors (Lipinski definition) is 0. The van der Waals surface area contributed by atoms with Crippen LogP contribution in [0.15, 0.2) is 24.3 Å². The largest absolute Gasteiger partial charge is 0.456 e. The van der Waals surface area contributed by atoms with Gasteiger partial charge in [0.05, 0.1) is 18.1 Å². The van der Waals surface area contributed by atoms with Crippen LogP contribution in [-0.4, -0.2) is 11.6 Å². The Morgan fingerprint density at radius 3 is 2.72 bits per heavy atom. The predicted octanol–water partition coefficient (Wildman–Crippen LogP) is 2.91. The van der Waals surface area contributed by atoms with E-state index in [1.165, 1.54) is 0 Å². The summed E-state index contributed by atoms with van der Waals surface area (Å²) < 4.78 is 5.26. The van der Waals surface area contributed by atoms with E-state index in [1.807, 2.05) is 26.8 Å². The molecule has 0 N–H and O–H groups in total. The number of carbonyl (C=O) groups excluding carboxylic acids is 1. The lowest BCUT2D eigenvalue weighted by atomic mass is 10.1. The molecule has 3 heteroatoms. The van der Waals surface area contributed by atoms with Gasteiger partial charge in [-0.25, -0.2) is 4.79 Å². The minimum atomic E-state index is -0.514. The first-order valence-corrected chi connectivity index (χ1v) is 5.61. The van der Waals surface area contributed by atoms with E-state index in [0.29, 0.717) is 11.1 Å². The molecule has 0 amide bonds. The Morgan fingerprint density at radius 2 is 2.11 bits per heavy atom. The predicted molar refractivity (Wildman–Crippen MR) is 68.7 cm³/mol. The summed E-state index contributed by atoms with van der Waals surface area (Å²) in [5.41, 5.74) is 0.654. The molecule has 0 saturated carbocycles. The van der Waals surface area contributed by atoms with Gasteiger partial charge in [0, 0.05) is 5.56 Å². The van der Waals surface area contributed by atoms with Crippen LogP contribution in [-0.2, 0) is 4.74 Å². The summed E-state index contributed by atoms with van der Waals surface area (Å²) in [7, 11) is 0. The molecule has 0 aliphatic carbocycles. The molecular weight excluding hydrogens is 226 g/mol. The number of carbonyl (C=O) groups is 1. The molecule has 0 spiro atoms. The van der Waals surface area contributed by atoms with E-state index in [4.69, 9.17) is 10.00 Å². The molecule has 92 valence electrons. The molecule has 0 heterocycles. The zero-order chi connectivity index (χ0) is 13.6. The first kappa shape index (κ1) is 13.8. The van der Waals surface area contributed by atoms with Crippen LogP contribution in [0.3, 0.4) is 0 Å². The number of nitriles is 1. The molecule has 3 nitrogen and oxygen atoms in total. The Morgan fingerprint density at radius 1 is 1.39 bits per heavy atom. The molecule has 0 aliphatic rings. The molecule has 1 rings (SSSR count). The maximum absolute atomic E-state index is 11.8. The number of rotatable bonds is 1. The molecule has 0 fully saturated rings. The first-order valence-electron chi connectivity index (χ1n) is 5.61. The number of esters is 1. The van der Waals surface area contributed by atoms with E-state index < -0.39 is 5.60 Å². The molecule has 0 saturated heterocycles. The second-order valence-electron chi connectivity index (χ2n) is 4.72. The van der Waals surface area contributed by atoms with Crippen molar-refractivity contribution in [2.24, 2.45) is 0 Å². The summed E-state index contributed by atoms with van der Waals surface area (Å²) in [6.07, 6.45) is 0.177. The van der Waals surface area contributed by atoms with E-state index in [9.17, 15) is 4.79 Å². The van der Waals surface area contributed by atoms with Gasteiger partial charge in [-0.05, 0) is 39.0 Å². The molecule has 1 aromatic carbocycles. The van der Waals surface area contributed by atoms with Crippen LogP contribution in [0.4, 0.5) is 0 Å². The average Bonchev–Trinajstić information content (AvgIpc) is 2.27. The molecule has 0 unspecified atom stereocenters. The Kier molecular flexibility index (Phi) is 4.52. The van der Waals surface area contributed by atoms with Gasteiger partial charge in [-0.3, -0.25) is 0 Å². The lowest BCUT2D eigenvalue weighted by molar-refractivity contribution is 0.00695. The van der Waals surface area contributed by atoms with E-state index in [1.54, 1.807) is 24.3 Å². The van der Waals surface area contributed by atoms with Gasteiger partial charge in [0.25, 0.3) is 0 Å². The van der Waals surface area contributed by atoms with E-state index >= 15 is 0 Å². The van der Waals surface area contributed by atoms with Crippen molar-refractivity contribution in [1.82, 2.24) is 0 Å². The van der Waals surface area contributed by atoms with E-state index in [0.717, 1.165) is 0 Å². The van der Waals surface area contributed by atoms with Crippen molar-refractivity contribution < 1.29 is 9.53 Å². The molecule has 0 aliphatic heterocycles. The molecule has 0 atom stereocenters. The summed E-state index contributed by atoms with van der Waals surface area (Å²) in [6, 6.07) is 8.83. The van der Waals surface area contributed by atoms with Crippen LogP contribution < -0.4 is 0 Å². The van der Waals surface area contributed by atoms with Crippen molar-refractivity contribution in [3.05, 3.63) is 35.4 Å². The first-order chi connectivity index (χ1) is 8.42. The Labute approximate surface area is 107 Å². The fourth-order valence-electron chi connectivity index (χ4n) is 1.25. The standard InChI is InChI=1S/C15H15NO2/c1-15(2,3)18-14(17)13-9-6-8-12(11-13)7-4-5-10-16/h6,8-9,11H,5H2,1-3H3. The van der Waals surface area contributed by atoms with Crippen LogP contribution >= 0.6 is 0 Å². The number of hydrogen-bond acceptors (Lipinski definition) is 3. The van der Waals surface area contributed by atoms with E-state index in [2.05, 4.69) is 11.8 Å². The van der Waals surface area contributed by atoms with Gasteiger partial charge in [-0.15, -0.1) is 0 Å². The summed E-state index contributed by atoms with van der Waals surface area (Å²) in [4.78, 5) is 11.8. The monoisotopic (exact) mass is 241 g/mol. The van der Waals surface area contributed by atoms with Crippen molar-refractivity contribution in [3.63, 3.8) is 0 Å². The maximum atomic E-state index is 11.8. The van der Waals surface area contributed by atoms with Gasteiger partial charge >= 0.3 is 5.97 Å². The maximum Gasteiger partial charge on any atom is 0.338 e. The number of ether oxygens (including phenoxy) is 1. The minimum Gasteiger partial charge on any atom is -0.456 e. The minimum absolute atomic E-state index is 0.177. The van der Waals surface area contributed by atoms with Gasteiger partial charge < -0.3 is 4.74 Å². The molecule has 0 radical (unpaired) electrons. The molecule has 0 aromatic heterocycles. The van der Waals surface area contributed by atoms with Crippen LogP contribution in [0.5, 0.6) is 0 Å². The summed E-state index contributed by atoms with van der Waals surface area (Å²) in [5, 5.41) is 8.39. The highest BCUT2D eigenvalue weighted by Crippen LogP contribution is 2.13. The molecular formula is C15H15NO2. The smallest absolute Gasteiger partial charge is 0.338 e. The highest BCUT2D eigenvalue weighted by Gasteiger charge is 2.17. The second-order valence-corrected chi connectivity index (χ2v) is 4.72. The van der Waals surface area contributed by atoms with E-state index in [-0.39, 0.29) is 12.4 Å². The normalized spacial score (nSPS) is 9.89. The van der Waals surface area contributed by atoms with Crippen molar-refractivity contribution in [3.8, 4) is 17.9 Å². The Hall–Kier alpha value is -2.26. The van der Waals surface area contributed by atoms with Crippen LogP contribution in [0.25, 0.3) is 0 Å². The summed E-state index contributed by atoms with van der Waals surface area (Å²) in [6.45, 7) is 5.46. The Balaban J connectivity index is 2.87.